The lowest BCUT2D eigenvalue weighted by Gasteiger charge is -2.11. The number of hydrogen-bond donors (Lipinski definition) is 2. The summed E-state index contributed by atoms with van der Waals surface area (Å²) in [6.07, 6.45) is 0.188. The first-order chi connectivity index (χ1) is 7.97. The molecule has 0 radical (unpaired) electrons. The van der Waals surface area contributed by atoms with Gasteiger partial charge in [0.05, 0.1) is 6.54 Å². The molecule has 1 unspecified atom stereocenters. The SMILES string of the molecule is COC(CNc1c([N+](=O)[O-])ncn1C)C(=O)O. The van der Waals surface area contributed by atoms with E-state index < -0.39 is 17.0 Å². The summed E-state index contributed by atoms with van der Waals surface area (Å²) in [5, 5.41) is 22.0. The zero-order valence-corrected chi connectivity index (χ0v) is 9.28. The predicted molar refractivity (Wildman–Crippen MR) is 56.8 cm³/mol. The van der Waals surface area contributed by atoms with Crippen LogP contribution in [0.3, 0.4) is 0 Å². The fraction of sp³-hybridized carbons (Fsp3) is 0.500. The number of rotatable bonds is 6. The smallest absolute Gasteiger partial charge is 0.406 e. The molecule has 94 valence electrons. The van der Waals surface area contributed by atoms with Crippen LogP contribution < -0.4 is 5.32 Å². The summed E-state index contributed by atoms with van der Waals surface area (Å²) in [6.45, 7) is -0.0911. The number of carboxylic acids is 1. The molecule has 17 heavy (non-hydrogen) atoms. The predicted octanol–water partition coefficient (Wildman–Crippen LogP) is -0.160. The number of aromatic nitrogens is 2. The van der Waals surface area contributed by atoms with Crippen LogP contribution >= 0.6 is 0 Å². The van der Waals surface area contributed by atoms with E-state index in [-0.39, 0.29) is 18.2 Å². The average molecular weight is 244 g/mol. The summed E-state index contributed by atoms with van der Waals surface area (Å²) in [4.78, 5) is 24.2. The van der Waals surface area contributed by atoms with Gasteiger partial charge < -0.3 is 25.3 Å². The minimum Gasteiger partial charge on any atom is -0.479 e. The van der Waals surface area contributed by atoms with Crippen molar-refractivity contribution in [1.29, 1.82) is 0 Å². The van der Waals surface area contributed by atoms with Gasteiger partial charge in [-0.15, -0.1) is 0 Å². The van der Waals surface area contributed by atoms with Gasteiger partial charge in [0.25, 0.3) is 0 Å². The average Bonchev–Trinajstić information content (AvgIpc) is 2.61. The summed E-state index contributed by atoms with van der Waals surface area (Å²) >= 11 is 0. The number of anilines is 1. The van der Waals surface area contributed by atoms with E-state index in [0.717, 1.165) is 0 Å². The molecule has 0 spiro atoms. The number of imidazole rings is 1. The van der Waals surface area contributed by atoms with Crippen LogP contribution in [0.1, 0.15) is 0 Å². The molecule has 0 aliphatic heterocycles. The van der Waals surface area contributed by atoms with Gasteiger partial charge in [-0.05, 0) is 9.91 Å². The summed E-state index contributed by atoms with van der Waals surface area (Å²) in [5.74, 6) is -1.36. The number of carbonyl (C=O) groups is 1. The molecule has 0 aromatic carbocycles. The van der Waals surface area contributed by atoms with Gasteiger partial charge >= 0.3 is 11.8 Å². The fourth-order valence-corrected chi connectivity index (χ4v) is 1.22. The molecule has 9 nitrogen and oxygen atoms in total. The molecule has 0 fully saturated rings. The third kappa shape index (κ3) is 2.91. The number of aliphatic carboxylic acids is 1. The molecule has 0 aliphatic carbocycles. The van der Waals surface area contributed by atoms with Gasteiger partial charge in [0.15, 0.2) is 6.10 Å². The maximum atomic E-state index is 10.7. The van der Waals surface area contributed by atoms with Crippen LogP contribution in [0.15, 0.2) is 6.33 Å². The lowest BCUT2D eigenvalue weighted by Crippen LogP contribution is -2.31. The molecule has 1 atom stereocenters. The standard InChI is InChI=1S/C8H12N4O5/c1-11-4-10-7(12(15)16)6(11)9-3-5(17-2)8(13)14/h4-5,9H,3H2,1-2H3,(H,13,14). The first kappa shape index (κ1) is 12.9. The normalized spacial score (nSPS) is 12.1. The van der Waals surface area contributed by atoms with E-state index in [9.17, 15) is 14.9 Å². The second-order valence-electron chi connectivity index (χ2n) is 3.23. The largest absolute Gasteiger partial charge is 0.479 e. The maximum absolute atomic E-state index is 10.7. The highest BCUT2D eigenvalue weighted by molar-refractivity contribution is 5.73. The summed E-state index contributed by atoms with van der Waals surface area (Å²) < 4.78 is 6.08. The number of nitrogens with one attached hydrogen (secondary N) is 1. The summed E-state index contributed by atoms with van der Waals surface area (Å²) in [6, 6.07) is 0. The van der Waals surface area contributed by atoms with E-state index in [1.54, 1.807) is 7.05 Å². The number of methoxy groups -OCH3 is 1. The minimum atomic E-state index is -1.15. The summed E-state index contributed by atoms with van der Waals surface area (Å²) in [7, 11) is 2.81. The van der Waals surface area contributed by atoms with E-state index in [1.165, 1.54) is 18.0 Å². The second-order valence-corrected chi connectivity index (χ2v) is 3.23. The van der Waals surface area contributed by atoms with Crippen molar-refractivity contribution in [1.82, 2.24) is 9.55 Å². The highest BCUT2D eigenvalue weighted by Gasteiger charge is 2.22. The Morgan fingerprint density at radius 2 is 2.47 bits per heavy atom. The lowest BCUT2D eigenvalue weighted by molar-refractivity contribution is -0.388. The van der Waals surface area contributed by atoms with Gasteiger partial charge in [-0.1, -0.05) is 0 Å². The van der Waals surface area contributed by atoms with Gasteiger partial charge in [-0.3, -0.25) is 4.57 Å². The number of carboxylic acid groups (broad SMARTS) is 1. The monoisotopic (exact) mass is 244 g/mol. The molecule has 2 N–H and O–H groups in total. The van der Waals surface area contributed by atoms with Crippen LogP contribution in [0.2, 0.25) is 0 Å². The Morgan fingerprint density at radius 3 is 2.94 bits per heavy atom. The molecular weight excluding hydrogens is 232 g/mol. The molecule has 0 aliphatic rings. The van der Waals surface area contributed by atoms with Crippen LogP contribution in [-0.2, 0) is 16.6 Å². The highest BCUT2D eigenvalue weighted by atomic mass is 16.6. The van der Waals surface area contributed by atoms with Crippen molar-refractivity contribution in [2.24, 2.45) is 7.05 Å². The van der Waals surface area contributed by atoms with E-state index in [2.05, 4.69) is 15.0 Å². The number of nitrogens with zero attached hydrogens (tertiary/aromatic N) is 3. The molecule has 1 aromatic rings. The third-order valence-electron chi connectivity index (χ3n) is 2.11. The van der Waals surface area contributed by atoms with Gasteiger partial charge in [0.2, 0.25) is 12.1 Å². The van der Waals surface area contributed by atoms with Crippen LogP contribution in [0, 0.1) is 10.1 Å². The number of nitro groups is 1. The van der Waals surface area contributed by atoms with E-state index in [0.29, 0.717) is 0 Å². The van der Waals surface area contributed by atoms with Gasteiger partial charge in [-0.2, -0.15) is 0 Å². The first-order valence-electron chi connectivity index (χ1n) is 4.62. The summed E-state index contributed by atoms with van der Waals surface area (Å²) in [5.41, 5.74) is 0. The Balaban J connectivity index is 2.78. The Hall–Kier alpha value is -2.16. The molecular formula is C8H12N4O5. The zero-order valence-electron chi connectivity index (χ0n) is 9.28. The molecule has 1 heterocycles. The quantitative estimate of drug-likeness (QED) is 0.527. The highest BCUT2D eigenvalue weighted by Crippen LogP contribution is 2.20. The minimum absolute atomic E-state index is 0.0911. The topological polar surface area (TPSA) is 120 Å². The second kappa shape index (κ2) is 5.25. The lowest BCUT2D eigenvalue weighted by atomic mass is 10.3. The van der Waals surface area contributed by atoms with Crippen molar-refractivity contribution in [3.8, 4) is 0 Å². The Labute approximate surface area is 96.2 Å². The van der Waals surface area contributed by atoms with E-state index in [4.69, 9.17) is 5.11 Å². The Bertz CT molecular complexity index is 430. The number of aryl methyl sites for hydroxylation is 1. The molecule has 1 aromatic heterocycles. The molecule has 0 bridgehead atoms. The fourth-order valence-electron chi connectivity index (χ4n) is 1.22. The number of hydrogen-bond acceptors (Lipinski definition) is 6. The van der Waals surface area contributed by atoms with E-state index >= 15 is 0 Å². The van der Waals surface area contributed by atoms with Gasteiger partial charge in [0, 0.05) is 14.2 Å². The molecule has 0 saturated heterocycles. The Morgan fingerprint density at radius 1 is 1.82 bits per heavy atom. The molecule has 0 saturated carbocycles. The van der Waals surface area contributed by atoms with Crippen molar-refractivity contribution in [2.75, 3.05) is 19.0 Å². The zero-order chi connectivity index (χ0) is 13.0. The maximum Gasteiger partial charge on any atom is 0.406 e. The molecule has 9 heteroatoms. The van der Waals surface area contributed by atoms with Crippen molar-refractivity contribution in [3.63, 3.8) is 0 Å². The molecule has 0 amide bonds. The molecule has 1 rings (SSSR count). The van der Waals surface area contributed by atoms with Crippen LogP contribution in [0.25, 0.3) is 0 Å². The van der Waals surface area contributed by atoms with Crippen molar-refractivity contribution >= 4 is 17.6 Å². The Kier molecular flexibility index (Phi) is 3.99. The van der Waals surface area contributed by atoms with Crippen LogP contribution in [0.4, 0.5) is 11.6 Å². The van der Waals surface area contributed by atoms with E-state index in [1.807, 2.05) is 0 Å². The van der Waals surface area contributed by atoms with Crippen molar-refractivity contribution in [3.05, 3.63) is 16.4 Å². The van der Waals surface area contributed by atoms with Crippen LogP contribution in [0.5, 0.6) is 0 Å². The number of ether oxygens (including phenoxy) is 1. The van der Waals surface area contributed by atoms with Gasteiger partial charge in [-0.25, -0.2) is 4.79 Å². The van der Waals surface area contributed by atoms with Crippen molar-refractivity contribution in [2.45, 2.75) is 6.10 Å². The third-order valence-corrected chi connectivity index (χ3v) is 2.11. The first-order valence-corrected chi connectivity index (χ1v) is 4.62. The van der Waals surface area contributed by atoms with Gasteiger partial charge in [0.1, 0.15) is 0 Å². The van der Waals surface area contributed by atoms with Crippen molar-refractivity contribution < 1.29 is 19.6 Å². The van der Waals surface area contributed by atoms with Crippen LogP contribution in [-0.4, -0.2) is 45.3 Å².